The Hall–Kier alpha value is -4.61. The molecule has 0 saturated carbocycles. The summed E-state index contributed by atoms with van der Waals surface area (Å²) in [5, 5.41) is 25.2. The number of carbonyl (C=O) groups excluding carboxylic acids is 2. The highest BCUT2D eigenvalue weighted by molar-refractivity contribution is 5.97. The minimum absolute atomic E-state index is 0.0224. The van der Waals surface area contributed by atoms with Gasteiger partial charge in [0.2, 0.25) is 0 Å². The first-order valence-corrected chi connectivity index (χ1v) is 9.14. The normalized spacial score (nSPS) is 10.6. The summed E-state index contributed by atoms with van der Waals surface area (Å²) in [5.41, 5.74) is -2.87. The molecule has 1 N–H and O–H groups in total. The predicted molar refractivity (Wildman–Crippen MR) is 110 cm³/mol. The van der Waals surface area contributed by atoms with Crippen LogP contribution in [0.5, 0.6) is 5.75 Å². The zero-order valence-electron chi connectivity index (χ0n) is 16.7. The topological polar surface area (TPSA) is 172 Å². The average molecular weight is 441 g/mol. The van der Waals surface area contributed by atoms with E-state index in [4.69, 9.17) is 9.15 Å². The fourth-order valence-corrected chi connectivity index (χ4v) is 2.92. The molecule has 0 aliphatic carbocycles. The molecular formula is C20H15N3O9. The first-order chi connectivity index (χ1) is 15.1. The number of rotatable bonds is 6. The fraction of sp³-hybridized carbons (Fsp3) is 0.150. The third kappa shape index (κ3) is 4.28. The van der Waals surface area contributed by atoms with Crippen LogP contribution in [0.4, 0.5) is 11.4 Å². The first kappa shape index (κ1) is 22.1. The van der Waals surface area contributed by atoms with E-state index >= 15 is 0 Å². The van der Waals surface area contributed by atoms with Crippen molar-refractivity contribution < 1.29 is 28.6 Å². The molecule has 0 bridgehead atoms. The summed E-state index contributed by atoms with van der Waals surface area (Å²) in [6.45, 7) is 3.21. The van der Waals surface area contributed by atoms with Gasteiger partial charge in [0, 0.05) is 30.1 Å². The number of nitrogens with one attached hydrogen (secondary N) is 1. The second-order valence-corrected chi connectivity index (χ2v) is 6.55. The number of nitrogens with zero attached hydrogens (tertiary/aromatic N) is 2. The Morgan fingerprint density at radius 1 is 1.06 bits per heavy atom. The van der Waals surface area contributed by atoms with Crippen LogP contribution in [0.15, 0.2) is 45.6 Å². The second kappa shape index (κ2) is 8.63. The number of amides is 1. The summed E-state index contributed by atoms with van der Waals surface area (Å²) in [4.78, 5) is 57.2. The molecular weight excluding hydrogens is 426 g/mol. The van der Waals surface area contributed by atoms with Gasteiger partial charge in [-0.3, -0.25) is 25.0 Å². The summed E-state index contributed by atoms with van der Waals surface area (Å²) in [6, 6.07) is 7.08. The maximum atomic E-state index is 12.5. The number of benzene rings is 2. The predicted octanol–water partition coefficient (Wildman–Crippen LogP) is 2.89. The molecule has 12 nitrogen and oxygen atoms in total. The van der Waals surface area contributed by atoms with Crippen LogP contribution in [0, 0.1) is 27.2 Å². The Morgan fingerprint density at radius 3 is 2.25 bits per heavy atom. The third-order valence-electron chi connectivity index (χ3n) is 4.48. The van der Waals surface area contributed by atoms with Crippen molar-refractivity contribution >= 4 is 34.2 Å². The molecule has 0 aliphatic heterocycles. The van der Waals surface area contributed by atoms with Crippen LogP contribution in [-0.2, 0) is 0 Å². The number of nitro groups is 2. The lowest BCUT2D eigenvalue weighted by atomic mass is 10.1. The van der Waals surface area contributed by atoms with Gasteiger partial charge in [0.05, 0.1) is 15.4 Å². The molecule has 2 aromatic carbocycles. The number of hydrogen-bond donors (Lipinski definition) is 1. The van der Waals surface area contributed by atoms with E-state index in [0.29, 0.717) is 11.9 Å². The lowest BCUT2D eigenvalue weighted by molar-refractivity contribution is -0.395. The molecule has 164 valence electrons. The second-order valence-electron chi connectivity index (χ2n) is 6.55. The van der Waals surface area contributed by atoms with Crippen LogP contribution in [0.2, 0.25) is 0 Å². The zero-order chi connectivity index (χ0) is 23.6. The molecule has 0 saturated heterocycles. The van der Waals surface area contributed by atoms with E-state index in [9.17, 15) is 34.6 Å². The zero-order valence-corrected chi connectivity index (χ0v) is 16.7. The average Bonchev–Trinajstić information content (AvgIpc) is 2.72. The Kier molecular flexibility index (Phi) is 5.96. The van der Waals surface area contributed by atoms with Crippen LogP contribution < -0.4 is 15.7 Å². The third-order valence-corrected chi connectivity index (χ3v) is 4.48. The molecule has 0 radical (unpaired) electrons. The van der Waals surface area contributed by atoms with Gasteiger partial charge in [0.25, 0.3) is 17.3 Å². The number of carbonyl (C=O) groups is 2. The largest absolute Gasteiger partial charge is 0.423 e. The van der Waals surface area contributed by atoms with Gasteiger partial charge in [0.15, 0.2) is 0 Å². The molecule has 1 aromatic heterocycles. The maximum absolute atomic E-state index is 12.5. The van der Waals surface area contributed by atoms with Crippen molar-refractivity contribution in [3.8, 4) is 5.75 Å². The van der Waals surface area contributed by atoms with Crippen LogP contribution in [0.25, 0.3) is 11.0 Å². The van der Waals surface area contributed by atoms with Gasteiger partial charge < -0.3 is 14.5 Å². The van der Waals surface area contributed by atoms with Crippen molar-refractivity contribution in [3.05, 3.63) is 83.7 Å². The van der Waals surface area contributed by atoms with E-state index < -0.39 is 44.3 Å². The molecule has 0 spiro atoms. The molecule has 3 aromatic rings. The minimum atomic E-state index is -1.09. The summed E-state index contributed by atoms with van der Waals surface area (Å²) >= 11 is 0. The van der Waals surface area contributed by atoms with Gasteiger partial charge in [-0.1, -0.05) is 0 Å². The highest BCUT2D eigenvalue weighted by Gasteiger charge is 2.26. The summed E-state index contributed by atoms with van der Waals surface area (Å²) in [5.74, 6) is -1.76. The van der Waals surface area contributed by atoms with Gasteiger partial charge in [0.1, 0.15) is 22.5 Å². The number of esters is 1. The van der Waals surface area contributed by atoms with Crippen LogP contribution in [0.3, 0.4) is 0 Å². The van der Waals surface area contributed by atoms with E-state index in [2.05, 4.69) is 5.32 Å². The molecule has 32 heavy (non-hydrogen) atoms. The van der Waals surface area contributed by atoms with Gasteiger partial charge in [-0.15, -0.1) is 0 Å². The van der Waals surface area contributed by atoms with E-state index in [0.717, 1.165) is 12.1 Å². The van der Waals surface area contributed by atoms with E-state index in [1.165, 1.54) is 31.2 Å². The van der Waals surface area contributed by atoms with Crippen molar-refractivity contribution in [1.29, 1.82) is 0 Å². The summed E-state index contributed by atoms with van der Waals surface area (Å²) in [6.07, 6.45) is 0. The molecule has 0 atom stereocenters. The van der Waals surface area contributed by atoms with Crippen molar-refractivity contribution in [2.24, 2.45) is 0 Å². The standard InChI is InChI=1S/C20H15N3O9/c1-3-21-18(24)14-6-11-4-5-13(9-17(11)32-20(14)26)31-19(25)12-7-15(22(27)28)10(2)16(8-12)23(29)30/h4-9H,3H2,1-2H3,(H,21,24). The van der Waals surface area contributed by atoms with Gasteiger partial charge in [-0.2, -0.15) is 0 Å². The monoisotopic (exact) mass is 441 g/mol. The molecule has 0 fully saturated rings. The smallest absolute Gasteiger partial charge is 0.349 e. The Bertz CT molecular complexity index is 1310. The lowest BCUT2D eigenvalue weighted by Gasteiger charge is -2.07. The SMILES string of the molecule is CCNC(=O)c1cc2ccc(OC(=O)c3cc([N+](=O)[O-])c(C)c([N+](=O)[O-])c3)cc2oc1=O. The molecule has 12 heteroatoms. The molecule has 0 unspecified atom stereocenters. The van der Waals surface area contributed by atoms with Crippen LogP contribution in [-0.4, -0.2) is 28.3 Å². The number of hydrogen-bond acceptors (Lipinski definition) is 9. The Morgan fingerprint density at radius 2 is 1.69 bits per heavy atom. The number of fused-ring (bicyclic) bond motifs is 1. The van der Waals surface area contributed by atoms with Gasteiger partial charge in [-0.05, 0) is 32.0 Å². The van der Waals surface area contributed by atoms with Gasteiger partial charge >= 0.3 is 11.6 Å². The fourth-order valence-electron chi connectivity index (χ4n) is 2.92. The number of nitro benzene ring substituents is 2. The Labute approximate surface area is 178 Å². The van der Waals surface area contributed by atoms with Crippen LogP contribution in [0.1, 0.15) is 33.2 Å². The van der Waals surface area contributed by atoms with Crippen LogP contribution >= 0.6 is 0 Å². The minimum Gasteiger partial charge on any atom is -0.423 e. The first-order valence-electron chi connectivity index (χ1n) is 9.14. The van der Waals surface area contributed by atoms with E-state index in [1.807, 2.05) is 0 Å². The highest BCUT2D eigenvalue weighted by Crippen LogP contribution is 2.30. The van der Waals surface area contributed by atoms with E-state index in [1.54, 1.807) is 6.92 Å². The summed E-state index contributed by atoms with van der Waals surface area (Å²) in [7, 11) is 0. The quantitative estimate of drug-likeness (QED) is 0.198. The van der Waals surface area contributed by atoms with Crippen molar-refractivity contribution in [3.63, 3.8) is 0 Å². The van der Waals surface area contributed by atoms with E-state index in [-0.39, 0.29) is 22.5 Å². The molecule has 0 aliphatic rings. The van der Waals surface area contributed by atoms with Crippen molar-refractivity contribution in [2.75, 3.05) is 6.54 Å². The molecule has 3 rings (SSSR count). The lowest BCUT2D eigenvalue weighted by Crippen LogP contribution is -2.27. The maximum Gasteiger partial charge on any atom is 0.349 e. The molecule has 1 amide bonds. The molecule has 1 heterocycles. The van der Waals surface area contributed by atoms with Crippen molar-refractivity contribution in [1.82, 2.24) is 5.32 Å². The number of ether oxygens (including phenoxy) is 1. The Balaban J connectivity index is 1.96. The van der Waals surface area contributed by atoms with Crippen molar-refractivity contribution in [2.45, 2.75) is 13.8 Å². The summed E-state index contributed by atoms with van der Waals surface area (Å²) < 4.78 is 10.3. The van der Waals surface area contributed by atoms with Gasteiger partial charge in [-0.25, -0.2) is 9.59 Å². The highest BCUT2D eigenvalue weighted by atomic mass is 16.6.